The molecule has 0 spiro atoms. The number of aromatic nitrogens is 4. The van der Waals surface area contributed by atoms with Crippen LogP contribution in [0.25, 0.3) is 10.9 Å². The molecule has 2 heterocycles. The summed E-state index contributed by atoms with van der Waals surface area (Å²) in [6.07, 6.45) is 2.02. The van der Waals surface area contributed by atoms with Gasteiger partial charge in [0.1, 0.15) is 5.52 Å². The van der Waals surface area contributed by atoms with Gasteiger partial charge in [-0.25, -0.2) is 4.68 Å². The highest BCUT2D eigenvalue weighted by Crippen LogP contribution is 2.33. The molecule has 2 aromatic rings. The van der Waals surface area contributed by atoms with Crippen molar-refractivity contribution >= 4 is 16.7 Å². The number of hydrogen-bond donors (Lipinski definition) is 1. The Morgan fingerprint density at radius 1 is 1.38 bits per heavy atom. The van der Waals surface area contributed by atoms with Crippen molar-refractivity contribution in [1.29, 1.82) is 0 Å². The normalized spacial score (nSPS) is 15.9. The molecule has 0 atom stereocenters. The summed E-state index contributed by atoms with van der Waals surface area (Å²) in [5.41, 5.74) is 7.10. The van der Waals surface area contributed by atoms with Gasteiger partial charge in [0.05, 0.1) is 17.1 Å². The van der Waals surface area contributed by atoms with Crippen molar-refractivity contribution in [2.45, 2.75) is 25.8 Å². The Morgan fingerprint density at radius 3 is 2.69 bits per heavy atom. The van der Waals surface area contributed by atoms with Gasteiger partial charge in [-0.1, -0.05) is 0 Å². The molecule has 0 amide bonds. The van der Waals surface area contributed by atoms with Crippen molar-refractivity contribution in [2.24, 2.45) is 7.05 Å². The standard InChI is InChI=1S/C10H13N5O/c1-5-7-8(14(2)12-5)10(16)15(6-3-4-6)13-9(7)11/h6H,3-4H2,1-2H3,(H2,11,13). The molecule has 0 unspecified atom stereocenters. The average molecular weight is 219 g/mol. The first-order valence-corrected chi connectivity index (χ1v) is 5.31. The van der Waals surface area contributed by atoms with Crippen LogP contribution in [0.5, 0.6) is 0 Å². The summed E-state index contributed by atoms with van der Waals surface area (Å²) < 4.78 is 3.09. The lowest BCUT2D eigenvalue weighted by Crippen LogP contribution is -2.24. The zero-order valence-corrected chi connectivity index (χ0v) is 9.27. The van der Waals surface area contributed by atoms with E-state index in [1.165, 1.54) is 4.68 Å². The molecule has 1 aliphatic carbocycles. The molecular formula is C10H13N5O. The zero-order chi connectivity index (χ0) is 11.4. The van der Waals surface area contributed by atoms with Crippen molar-refractivity contribution in [3.63, 3.8) is 0 Å². The minimum absolute atomic E-state index is 0.0881. The van der Waals surface area contributed by atoms with Gasteiger partial charge in [-0.3, -0.25) is 9.48 Å². The molecule has 6 nitrogen and oxygen atoms in total. The summed E-state index contributed by atoms with van der Waals surface area (Å²) >= 11 is 0. The third-order valence-electron chi connectivity index (χ3n) is 3.00. The second kappa shape index (κ2) is 2.84. The van der Waals surface area contributed by atoms with E-state index < -0.39 is 0 Å². The molecule has 1 aliphatic rings. The van der Waals surface area contributed by atoms with Crippen LogP contribution in [0.4, 0.5) is 5.82 Å². The SMILES string of the molecule is Cc1nn(C)c2c(=O)n(C3CC3)nc(N)c12. The predicted octanol–water partition coefficient (Wildman–Crippen LogP) is 0.356. The van der Waals surface area contributed by atoms with E-state index in [2.05, 4.69) is 10.2 Å². The Hall–Kier alpha value is -1.85. The summed E-state index contributed by atoms with van der Waals surface area (Å²) in [7, 11) is 1.76. The van der Waals surface area contributed by atoms with E-state index in [1.807, 2.05) is 6.92 Å². The largest absolute Gasteiger partial charge is 0.382 e. The van der Waals surface area contributed by atoms with Crippen molar-refractivity contribution < 1.29 is 0 Å². The second-order valence-corrected chi connectivity index (χ2v) is 4.30. The van der Waals surface area contributed by atoms with Crippen LogP contribution in [0.1, 0.15) is 24.6 Å². The van der Waals surface area contributed by atoms with Crippen molar-refractivity contribution in [3.8, 4) is 0 Å². The van der Waals surface area contributed by atoms with Gasteiger partial charge in [0, 0.05) is 7.05 Å². The third-order valence-corrected chi connectivity index (χ3v) is 3.00. The first kappa shape index (κ1) is 9.38. The quantitative estimate of drug-likeness (QED) is 0.750. The fraction of sp³-hybridized carbons (Fsp3) is 0.500. The molecule has 0 radical (unpaired) electrons. The van der Waals surface area contributed by atoms with Crippen LogP contribution < -0.4 is 11.3 Å². The lowest BCUT2D eigenvalue weighted by Gasteiger charge is -2.04. The van der Waals surface area contributed by atoms with Gasteiger partial charge in [0.15, 0.2) is 5.82 Å². The first-order valence-electron chi connectivity index (χ1n) is 5.31. The summed E-state index contributed by atoms with van der Waals surface area (Å²) in [5, 5.41) is 9.07. The van der Waals surface area contributed by atoms with Gasteiger partial charge in [0.25, 0.3) is 5.56 Å². The maximum atomic E-state index is 12.2. The van der Waals surface area contributed by atoms with Gasteiger partial charge < -0.3 is 5.73 Å². The summed E-state index contributed by atoms with van der Waals surface area (Å²) in [4.78, 5) is 12.2. The van der Waals surface area contributed by atoms with Crippen molar-refractivity contribution in [1.82, 2.24) is 19.6 Å². The van der Waals surface area contributed by atoms with Gasteiger partial charge in [-0.15, -0.1) is 0 Å². The molecule has 1 fully saturated rings. The predicted molar refractivity (Wildman–Crippen MR) is 60.2 cm³/mol. The molecule has 6 heteroatoms. The van der Waals surface area contributed by atoms with Gasteiger partial charge in [0.2, 0.25) is 0 Å². The van der Waals surface area contributed by atoms with Crippen LogP contribution in [0, 0.1) is 6.92 Å². The Balaban J connectivity index is 2.47. The fourth-order valence-corrected chi connectivity index (χ4v) is 2.10. The number of rotatable bonds is 1. The highest BCUT2D eigenvalue weighted by Gasteiger charge is 2.28. The van der Waals surface area contributed by atoms with Crippen LogP contribution in [0.2, 0.25) is 0 Å². The second-order valence-electron chi connectivity index (χ2n) is 4.30. The molecular weight excluding hydrogens is 206 g/mol. The monoisotopic (exact) mass is 219 g/mol. The molecule has 0 saturated heterocycles. The summed E-state index contributed by atoms with van der Waals surface area (Å²) in [5.74, 6) is 0.395. The smallest absolute Gasteiger partial charge is 0.293 e. The first-order chi connectivity index (χ1) is 7.59. The number of nitrogens with zero attached hydrogens (tertiary/aromatic N) is 4. The lowest BCUT2D eigenvalue weighted by atomic mass is 10.2. The Morgan fingerprint density at radius 2 is 2.06 bits per heavy atom. The minimum atomic E-state index is -0.0881. The Kier molecular flexibility index (Phi) is 1.66. The molecule has 0 aromatic carbocycles. The van der Waals surface area contributed by atoms with Crippen LogP contribution in [-0.2, 0) is 7.05 Å². The van der Waals surface area contributed by atoms with Crippen LogP contribution >= 0.6 is 0 Å². The molecule has 16 heavy (non-hydrogen) atoms. The maximum absolute atomic E-state index is 12.2. The van der Waals surface area contributed by atoms with Crippen molar-refractivity contribution in [2.75, 3.05) is 5.73 Å². The zero-order valence-electron chi connectivity index (χ0n) is 9.27. The minimum Gasteiger partial charge on any atom is -0.382 e. The topological polar surface area (TPSA) is 78.7 Å². The number of nitrogen functional groups attached to an aromatic ring is 1. The summed E-state index contributed by atoms with van der Waals surface area (Å²) in [6, 6.07) is 0.231. The van der Waals surface area contributed by atoms with Gasteiger partial charge in [-0.2, -0.15) is 10.2 Å². The number of fused-ring (bicyclic) bond motifs is 1. The highest BCUT2D eigenvalue weighted by atomic mass is 16.1. The Labute approximate surface area is 91.7 Å². The number of anilines is 1. The molecule has 3 rings (SSSR count). The van der Waals surface area contributed by atoms with E-state index in [-0.39, 0.29) is 11.6 Å². The number of nitrogens with two attached hydrogens (primary N) is 1. The summed E-state index contributed by atoms with van der Waals surface area (Å²) in [6.45, 7) is 1.83. The van der Waals surface area contributed by atoms with E-state index in [1.54, 1.807) is 11.7 Å². The molecule has 2 N–H and O–H groups in total. The van der Waals surface area contributed by atoms with Gasteiger partial charge in [-0.05, 0) is 19.8 Å². The molecule has 1 saturated carbocycles. The fourth-order valence-electron chi connectivity index (χ4n) is 2.10. The maximum Gasteiger partial charge on any atom is 0.293 e. The number of aryl methyl sites for hydroxylation is 2. The van der Waals surface area contributed by atoms with Gasteiger partial charge >= 0.3 is 0 Å². The van der Waals surface area contributed by atoms with E-state index in [9.17, 15) is 4.79 Å². The number of hydrogen-bond acceptors (Lipinski definition) is 4. The van der Waals surface area contributed by atoms with E-state index in [0.717, 1.165) is 18.5 Å². The van der Waals surface area contributed by atoms with Crippen LogP contribution in [0.3, 0.4) is 0 Å². The van der Waals surface area contributed by atoms with Crippen LogP contribution in [-0.4, -0.2) is 19.6 Å². The average Bonchev–Trinajstić information content (AvgIpc) is 2.99. The molecule has 0 bridgehead atoms. The molecule has 0 aliphatic heterocycles. The van der Waals surface area contributed by atoms with E-state index in [0.29, 0.717) is 16.7 Å². The van der Waals surface area contributed by atoms with E-state index >= 15 is 0 Å². The molecule has 84 valence electrons. The van der Waals surface area contributed by atoms with E-state index in [4.69, 9.17) is 5.73 Å². The third kappa shape index (κ3) is 1.09. The molecule has 2 aromatic heterocycles. The van der Waals surface area contributed by atoms with Crippen molar-refractivity contribution in [3.05, 3.63) is 16.0 Å². The van der Waals surface area contributed by atoms with Crippen LogP contribution in [0.15, 0.2) is 4.79 Å². The Bertz CT molecular complexity index is 635. The lowest BCUT2D eigenvalue weighted by molar-refractivity contribution is 0.605. The highest BCUT2D eigenvalue weighted by molar-refractivity contribution is 5.89.